The highest BCUT2D eigenvalue weighted by atomic mass is 32.1. The monoisotopic (exact) mass is 349 g/mol. The lowest BCUT2D eigenvalue weighted by molar-refractivity contribution is -0.120. The summed E-state index contributed by atoms with van der Waals surface area (Å²) in [6, 6.07) is 0. The van der Waals surface area contributed by atoms with E-state index in [0.717, 1.165) is 5.01 Å². The van der Waals surface area contributed by atoms with Gasteiger partial charge in [0.05, 0.1) is 28.9 Å². The third kappa shape index (κ3) is 3.70. The molecule has 23 heavy (non-hydrogen) atoms. The van der Waals surface area contributed by atoms with Crippen molar-refractivity contribution in [3.63, 3.8) is 0 Å². The lowest BCUT2D eigenvalue weighted by atomic mass is 10.2. The number of halogens is 5. The highest BCUT2D eigenvalue weighted by molar-refractivity contribution is 7.09. The Balaban J connectivity index is 2.10. The van der Waals surface area contributed by atoms with Gasteiger partial charge in [0.25, 0.3) is 0 Å². The Kier molecular flexibility index (Phi) is 5.04. The Bertz CT molecular complexity index is 761. The molecule has 4 nitrogen and oxygen atoms in total. The van der Waals surface area contributed by atoms with Crippen LogP contribution in [0.25, 0.3) is 0 Å². The Morgan fingerprint density at radius 1 is 1.17 bits per heavy atom. The molecule has 0 saturated heterocycles. The summed E-state index contributed by atoms with van der Waals surface area (Å²) < 4.78 is 65.5. The molecule has 0 saturated carbocycles. The van der Waals surface area contributed by atoms with Gasteiger partial charge < -0.3 is 0 Å². The molecular formula is C13H8F5N3OS. The van der Waals surface area contributed by atoms with Crippen molar-refractivity contribution in [2.45, 2.75) is 13.3 Å². The average molecular weight is 349 g/mol. The highest BCUT2D eigenvalue weighted by Gasteiger charge is 2.24. The third-order valence-corrected chi connectivity index (χ3v) is 3.46. The van der Waals surface area contributed by atoms with E-state index < -0.39 is 40.6 Å². The van der Waals surface area contributed by atoms with Gasteiger partial charge in [-0.2, -0.15) is 5.10 Å². The molecule has 0 atom stereocenters. The lowest BCUT2D eigenvalue weighted by Gasteiger charge is -2.03. The number of hydrazone groups is 1. The quantitative estimate of drug-likeness (QED) is 0.303. The van der Waals surface area contributed by atoms with Crippen LogP contribution in [0.3, 0.4) is 0 Å². The van der Waals surface area contributed by atoms with Crippen LogP contribution in [0.2, 0.25) is 0 Å². The van der Waals surface area contributed by atoms with E-state index in [9.17, 15) is 26.7 Å². The van der Waals surface area contributed by atoms with Crippen LogP contribution in [0.4, 0.5) is 22.0 Å². The van der Waals surface area contributed by atoms with Gasteiger partial charge in [-0.15, -0.1) is 11.3 Å². The van der Waals surface area contributed by atoms with Gasteiger partial charge in [-0.3, -0.25) is 4.79 Å². The molecule has 0 unspecified atom stereocenters. The number of aryl methyl sites for hydroxylation is 1. The van der Waals surface area contributed by atoms with Gasteiger partial charge in [0.1, 0.15) is 0 Å². The van der Waals surface area contributed by atoms with E-state index in [1.54, 1.807) is 12.3 Å². The Morgan fingerprint density at radius 3 is 2.26 bits per heavy atom. The summed E-state index contributed by atoms with van der Waals surface area (Å²) in [5.74, 6) is -11.2. The maximum absolute atomic E-state index is 13.3. The van der Waals surface area contributed by atoms with Gasteiger partial charge in [-0.25, -0.2) is 32.4 Å². The molecule has 0 aliphatic carbocycles. The number of aromatic nitrogens is 1. The molecule has 2 aromatic rings. The summed E-state index contributed by atoms with van der Waals surface area (Å²) in [5.41, 5.74) is 1.14. The fourth-order valence-corrected chi connectivity index (χ4v) is 2.21. The van der Waals surface area contributed by atoms with Crippen LogP contribution in [0.15, 0.2) is 10.5 Å². The minimum absolute atomic E-state index is 0.140. The van der Waals surface area contributed by atoms with Gasteiger partial charge in [0.15, 0.2) is 23.3 Å². The minimum atomic E-state index is -2.26. The number of nitrogens with zero attached hydrogens (tertiary/aromatic N) is 2. The maximum atomic E-state index is 13.3. The van der Waals surface area contributed by atoms with Gasteiger partial charge in [0.2, 0.25) is 11.7 Å². The van der Waals surface area contributed by atoms with Crippen LogP contribution < -0.4 is 5.43 Å². The highest BCUT2D eigenvalue weighted by Crippen LogP contribution is 2.21. The molecule has 1 aromatic heterocycles. The summed E-state index contributed by atoms with van der Waals surface area (Å²) in [6.07, 6.45) is 0.208. The topological polar surface area (TPSA) is 54.4 Å². The van der Waals surface area contributed by atoms with Crippen molar-refractivity contribution in [1.82, 2.24) is 10.4 Å². The zero-order valence-electron chi connectivity index (χ0n) is 11.5. The second kappa shape index (κ2) is 6.82. The van der Waals surface area contributed by atoms with Gasteiger partial charge in [-0.05, 0) is 6.92 Å². The molecule has 0 fully saturated rings. The molecule has 10 heteroatoms. The first-order valence-electron chi connectivity index (χ1n) is 6.05. The van der Waals surface area contributed by atoms with Crippen molar-refractivity contribution < 1.29 is 26.7 Å². The molecule has 1 aromatic carbocycles. The van der Waals surface area contributed by atoms with E-state index in [-0.39, 0.29) is 6.42 Å². The van der Waals surface area contributed by atoms with Crippen molar-refractivity contribution in [2.24, 2.45) is 5.10 Å². The summed E-state index contributed by atoms with van der Waals surface area (Å²) in [7, 11) is 0. The van der Waals surface area contributed by atoms with E-state index in [1.807, 2.05) is 5.43 Å². The van der Waals surface area contributed by atoms with Gasteiger partial charge >= 0.3 is 0 Å². The van der Waals surface area contributed by atoms with E-state index in [1.165, 1.54) is 11.3 Å². The molecule has 0 spiro atoms. The summed E-state index contributed by atoms with van der Waals surface area (Å²) >= 11 is 1.33. The molecule has 0 radical (unpaired) electrons. The van der Waals surface area contributed by atoms with Gasteiger partial charge in [-0.1, -0.05) is 0 Å². The number of rotatable bonds is 4. The van der Waals surface area contributed by atoms with Crippen LogP contribution in [0.1, 0.15) is 16.3 Å². The average Bonchev–Trinajstić information content (AvgIpc) is 2.91. The second-order valence-electron chi connectivity index (χ2n) is 4.31. The molecule has 0 bridgehead atoms. The lowest BCUT2D eigenvalue weighted by Crippen LogP contribution is -2.20. The fraction of sp³-hybridized carbons (Fsp3) is 0.154. The van der Waals surface area contributed by atoms with Crippen LogP contribution >= 0.6 is 11.3 Å². The minimum Gasteiger partial charge on any atom is -0.273 e. The number of nitrogens with one attached hydrogen (secondary N) is 1. The Hall–Kier alpha value is -2.36. The van der Waals surface area contributed by atoms with Crippen LogP contribution in [-0.4, -0.2) is 17.1 Å². The number of carbonyl (C=O) groups excluding carboxylic acids is 1. The molecule has 0 aliphatic heterocycles. The maximum Gasteiger partial charge on any atom is 0.246 e. The second-order valence-corrected chi connectivity index (χ2v) is 5.37. The van der Waals surface area contributed by atoms with Crippen molar-refractivity contribution in [3.05, 3.63) is 50.7 Å². The predicted octanol–water partition coefficient (Wildman–Crippen LogP) is 2.84. The van der Waals surface area contributed by atoms with Crippen molar-refractivity contribution in [1.29, 1.82) is 0 Å². The molecule has 0 aliphatic rings. The number of hydrogen-bond donors (Lipinski definition) is 1. The molecule has 1 N–H and O–H groups in total. The summed E-state index contributed by atoms with van der Waals surface area (Å²) in [6.45, 7) is 1.74. The number of benzene rings is 1. The van der Waals surface area contributed by atoms with Crippen molar-refractivity contribution >= 4 is 23.5 Å². The Labute approximate surface area is 130 Å². The van der Waals surface area contributed by atoms with Crippen LogP contribution in [0.5, 0.6) is 0 Å². The van der Waals surface area contributed by atoms with Crippen molar-refractivity contribution in [2.75, 3.05) is 0 Å². The number of amides is 1. The molecule has 122 valence electrons. The number of carbonyl (C=O) groups is 1. The summed E-state index contributed by atoms with van der Waals surface area (Å²) in [4.78, 5) is 15.5. The van der Waals surface area contributed by atoms with Crippen molar-refractivity contribution in [3.8, 4) is 0 Å². The first-order valence-corrected chi connectivity index (χ1v) is 6.93. The molecule has 1 heterocycles. The van der Waals surface area contributed by atoms with Crippen LogP contribution in [-0.2, 0) is 11.2 Å². The van der Waals surface area contributed by atoms with E-state index in [0.29, 0.717) is 11.9 Å². The molecule has 2 rings (SSSR count). The zero-order valence-corrected chi connectivity index (χ0v) is 12.3. The van der Waals surface area contributed by atoms with E-state index >= 15 is 0 Å². The SMILES string of the molecule is Cc1nc(CC(=O)N/N=C/c2c(F)c(F)c(F)c(F)c2F)cs1. The molecule has 1 amide bonds. The molecular weight excluding hydrogens is 341 g/mol. The number of hydrogen-bond acceptors (Lipinski definition) is 4. The van der Waals surface area contributed by atoms with E-state index in [4.69, 9.17) is 0 Å². The fourth-order valence-electron chi connectivity index (χ4n) is 1.60. The first-order chi connectivity index (χ1) is 10.8. The smallest absolute Gasteiger partial charge is 0.246 e. The standard InChI is InChI=1S/C13H8F5N3OS/c1-5-20-6(4-23-5)2-8(22)21-19-3-7-9(14)11(16)13(18)12(17)10(7)15/h3-4H,2H2,1H3,(H,21,22)/b19-3+. The van der Waals surface area contributed by atoms with E-state index in [2.05, 4.69) is 10.1 Å². The largest absolute Gasteiger partial charge is 0.273 e. The first kappa shape index (κ1) is 17.0. The predicted molar refractivity (Wildman–Crippen MR) is 72.5 cm³/mol. The third-order valence-electron chi connectivity index (χ3n) is 2.63. The normalized spacial score (nSPS) is 11.2. The Morgan fingerprint density at radius 2 is 1.74 bits per heavy atom. The van der Waals surface area contributed by atoms with Gasteiger partial charge in [0, 0.05) is 5.38 Å². The van der Waals surface area contributed by atoms with Crippen LogP contribution in [0, 0.1) is 36.0 Å². The summed E-state index contributed by atoms with van der Waals surface area (Å²) in [5, 5.41) is 5.58. The number of thiazole rings is 1. The zero-order chi connectivity index (χ0) is 17.1.